The highest BCUT2D eigenvalue weighted by molar-refractivity contribution is 6.30. The van der Waals surface area contributed by atoms with Gasteiger partial charge in [-0.15, -0.1) is 0 Å². The summed E-state index contributed by atoms with van der Waals surface area (Å²) in [6.07, 6.45) is 6.61. The van der Waals surface area contributed by atoms with Gasteiger partial charge in [0.2, 0.25) is 0 Å². The molecule has 0 N–H and O–H groups in total. The van der Waals surface area contributed by atoms with Crippen molar-refractivity contribution in [1.82, 2.24) is 15.0 Å². The van der Waals surface area contributed by atoms with Crippen molar-refractivity contribution in [3.05, 3.63) is 41.6 Å². The highest BCUT2D eigenvalue weighted by Gasteiger charge is 2.23. The standard InChI is InChI=1S/C15H16ClFN4O/c16-12-8-13(17)14(20-9-12)21-6-2-11(3-7-21)10-22-15-18-4-1-5-19-15/h1,4-5,8-9,11H,2-3,6-7,10H2. The van der Waals surface area contributed by atoms with Gasteiger partial charge in [-0.3, -0.25) is 0 Å². The van der Waals surface area contributed by atoms with E-state index in [4.69, 9.17) is 16.3 Å². The van der Waals surface area contributed by atoms with Crippen molar-refractivity contribution < 1.29 is 9.13 Å². The maximum Gasteiger partial charge on any atom is 0.316 e. The number of piperidine rings is 1. The number of halogens is 2. The number of nitrogens with zero attached hydrogens (tertiary/aromatic N) is 4. The molecule has 1 fully saturated rings. The number of ether oxygens (including phenoxy) is 1. The van der Waals surface area contributed by atoms with Gasteiger partial charge in [0.05, 0.1) is 11.6 Å². The van der Waals surface area contributed by atoms with Gasteiger partial charge < -0.3 is 9.64 Å². The molecule has 1 saturated heterocycles. The minimum absolute atomic E-state index is 0.312. The number of rotatable bonds is 4. The molecule has 0 bridgehead atoms. The van der Waals surface area contributed by atoms with E-state index in [2.05, 4.69) is 15.0 Å². The SMILES string of the molecule is Fc1cc(Cl)cnc1N1CCC(COc2ncccn2)CC1. The topological polar surface area (TPSA) is 51.1 Å². The first-order valence-corrected chi connectivity index (χ1v) is 7.56. The Balaban J connectivity index is 1.52. The molecule has 1 aliphatic rings. The van der Waals surface area contributed by atoms with E-state index < -0.39 is 0 Å². The third-order valence-electron chi connectivity index (χ3n) is 3.69. The summed E-state index contributed by atoms with van der Waals surface area (Å²) in [5.74, 6) is 0.408. The van der Waals surface area contributed by atoms with Crippen LogP contribution in [0.25, 0.3) is 0 Å². The molecular weight excluding hydrogens is 307 g/mol. The summed E-state index contributed by atoms with van der Waals surface area (Å²) >= 11 is 5.73. The van der Waals surface area contributed by atoms with Crippen LogP contribution in [0.15, 0.2) is 30.7 Å². The predicted molar refractivity (Wildman–Crippen MR) is 81.7 cm³/mol. The van der Waals surface area contributed by atoms with Crippen molar-refractivity contribution in [3.63, 3.8) is 0 Å². The second-order valence-electron chi connectivity index (χ2n) is 5.23. The van der Waals surface area contributed by atoms with Gasteiger partial charge in [-0.05, 0) is 30.9 Å². The highest BCUT2D eigenvalue weighted by Crippen LogP contribution is 2.25. The van der Waals surface area contributed by atoms with Crippen LogP contribution in [0.4, 0.5) is 10.2 Å². The van der Waals surface area contributed by atoms with Gasteiger partial charge in [0, 0.05) is 31.7 Å². The lowest BCUT2D eigenvalue weighted by Crippen LogP contribution is -2.36. The molecule has 3 rings (SSSR count). The van der Waals surface area contributed by atoms with Gasteiger partial charge in [0.25, 0.3) is 0 Å². The van der Waals surface area contributed by atoms with Gasteiger partial charge in [-0.1, -0.05) is 11.6 Å². The van der Waals surface area contributed by atoms with Crippen LogP contribution in [0.2, 0.25) is 5.02 Å². The quantitative estimate of drug-likeness (QED) is 0.866. The Morgan fingerprint density at radius 3 is 2.64 bits per heavy atom. The van der Waals surface area contributed by atoms with Gasteiger partial charge in [0.1, 0.15) is 0 Å². The lowest BCUT2D eigenvalue weighted by molar-refractivity contribution is 0.208. The van der Waals surface area contributed by atoms with Crippen molar-refractivity contribution in [2.45, 2.75) is 12.8 Å². The van der Waals surface area contributed by atoms with E-state index in [-0.39, 0.29) is 5.82 Å². The van der Waals surface area contributed by atoms with Crippen LogP contribution in [0.1, 0.15) is 12.8 Å². The van der Waals surface area contributed by atoms with E-state index in [1.165, 1.54) is 12.3 Å². The Labute approximate surface area is 133 Å². The maximum absolute atomic E-state index is 13.9. The van der Waals surface area contributed by atoms with E-state index >= 15 is 0 Å². The van der Waals surface area contributed by atoms with Crippen molar-refractivity contribution in [2.75, 3.05) is 24.6 Å². The smallest absolute Gasteiger partial charge is 0.316 e. The molecule has 0 aromatic carbocycles. The van der Waals surface area contributed by atoms with Crippen molar-refractivity contribution in [2.24, 2.45) is 5.92 Å². The number of aromatic nitrogens is 3. The van der Waals surface area contributed by atoms with Gasteiger partial charge >= 0.3 is 6.01 Å². The molecule has 116 valence electrons. The van der Waals surface area contributed by atoms with Crippen LogP contribution >= 0.6 is 11.6 Å². The normalized spacial score (nSPS) is 15.8. The Hall–Kier alpha value is -1.95. The molecule has 0 amide bonds. The summed E-state index contributed by atoms with van der Waals surface area (Å²) < 4.78 is 19.4. The first kappa shape index (κ1) is 15.0. The van der Waals surface area contributed by atoms with Crippen LogP contribution in [0.5, 0.6) is 6.01 Å². The van der Waals surface area contributed by atoms with E-state index in [0.29, 0.717) is 29.4 Å². The van der Waals surface area contributed by atoms with Gasteiger partial charge in [0.15, 0.2) is 11.6 Å². The molecule has 1 aliphatic heterocycles. The molecule has 2 aromatic heterocycles. The number of hydrogen-bond donors (Lipinski definition) is 0. The second-order valence-corrected chi connectivity index (χ2v) is 5.67. The first-order chi connectivity index (χ1) is 10.7. The molecule has 0 aliphatic carbocycles. The van der Waals surface area contributed by atoms with Gasteiger partial charge in [-0.2, -0.15) is 0 Å². The van der Waals surface area contributed by atoms with Crippen LogP contribution in [-0.2, 0) is 0 Å². The zero-order valence-electron chi connectivity index (χ0n) is 12.0. The van der Waals surface area contributed by atoms with E-state index in [9.17, 15) is 4.39 Å². The van der Waals surface area contributed by atoms with E-state index in [1.807, 2.05) is 4.90 Å². The lowest BCUT2D eigenvalue weighted by Gasteiger charge is -2.32. The molecule has 7 heteroatoms. The molecule has 0 unspecified atom stereocenters. The summed E-state index contributed by atoms with van der Waals surface area (Å²) in [5.41, 5.74) is 0. The summed E-state index contributed by atoms with van der Waals surface area (Å²) in [4.78, 5) is 14.1. The third kappa shape index (κ3) is 3.62. The minimum atomic E-state index is -0.375. The highest BCUT2D eigenvalue weighted by atomic mass is 35.5. The number of anilines is 1. The average Bonchev–Trinajstić information content (AvgIpc) is 2.55. The average molecular weight is 323 g/mol. The Morgan fingerprint density at radius 1 is 1.23 bits per heavy atom. The molecular formula is C15H16ClFN4O. The van der Waals surface area contributed by atoms with Crippen LogP contribution in [0, 0.1) is 11.7 Å². The van der Waals surface area contributed by atoms with Gasteiger partial charge in [-0.25, -0.2) is 19.3 Å². The monoisotopic (exact) mass is 322 g/mol. The molecule has 22 heavy (non-hydrogen) atoms. The zero-order valence-corrected chi connectivity index (χ0v) is 12.7. The fourth-order valence-electron chi connectivity index (χ4n) is 2.50. The molecule has 0 radical (unpaired) electrons. The summed E-state index contributed by atoms with van der Waals surface area (Å²) in [7, 11) is 0. The lowest BCUT2D eigenvalue weighted by atomic mass is 9.98. The van der Waals surface area contributed by atoms with E-state index in [0.717, 1.165) is 25.9 Å². The predicted octanol–water partition coefficient (Wildman–Crippen LogP) is 2.96. The molecule has 5 nitrogen and oxygen atoms in total. The van der Waals surface area contributed by atoms with Crippen molar-refractivity contribution >= 4 is 17.4 Å². The van der Waals surface area contributed by atoms with Crippen LogP contribution < -0.4 is 9.64 Å². The fraction of sp³-hybridized carbons (Fsp3) is 0.400. The Bertz CT molecular complexity index is 620. The summed E-state index contributed by atoms with van der Waals surface area (Å²) in [6, 6.07) is 3.44. The Morgan fingerprint density at radius 2 is 1.95 bits per heavy atom. The van der Waals surface area contributed by atoms with Crippen molar-refractivity contribution in [3.8, 4) is 6.01 Å². The molecule has 2 aromatic rings. The summed E-state index contributed by atoms with van der Waals surface area (Å²) in [5, 5.41) is 0.312. The van der Waals surface area contributed by atoms with Crippen LogP contribution in [-0.4, -0.2) is 34.6 Å². The van der Waals surface area contributed by atoms with Crippen LogP contribution in [0.3, 0.4) is 0 Å². The fourth-order valence-corrected chi connectivity index (χ4v) is 2.65. The third-order valence-corrected chi connectivity index (χ3v) is 3.90. The van der Waals surface area contributed by atoms with Crippen molar-refractivity contribution in [1.29, 1.82) is 0 Å². The zero-order chi connectivity index (χ0) is 15.4. The van der Waals surface area contributed by atoms with E-state index in [1.54, 1.807) is 18.5 Å². The largest absolute Gasteiger partial charge is 0.463 e. The maximum atomic E-state index is 13.9. The number of hydrogen-bond acceptors (Lipinski definition) is 5. The minimum Gasteiger partial charge on any atom is -0.463 e. The number of pyridine rings is 1. The molecule has 3 heterocycles. The second kappa shape index (κ2) is 6.87. The molecule has 0 atom stereocenters. The first-order valence-electron chi connectivity index (χ1n) is 7.18. The molecule has 0 saturated carbocycles. The Kier molecular flexibility index (Phi) is 4.68. The molecule has 0 spiro atoms. The summed E-state index contributed by atoms with van der Waals surface area (Å²) in [6.45, 7) is 2.07.